The van der Waals surface area contributed by atoms with E-state index < -0.39 is 0 Å². The smallest absolute Gasteiger partial charge is 0.0370 e. The molecule has 0 amide bonds. The minimum absolute atomic E-state index is 0.125. The normalized spacial score (nSPS) is 20.3. The highest BCUT2D eigenvalue weighted by Gasteiger charge is 2.35. The van der Waals surface area contributed by atoms with Gasteiger partial charge >= 0.3 is 0 Å². The molecule has 0 radical (unpaired) electrons. The summed E-state index contributed by atoms with van der Waals surface area (Å²) in [6, 6.07) is 10.8. The summed E-state index contributed by atoms with van der Waals surface area (Å²) in [4.78, 5) is 5.22. The average Bonchev–Trinajstić information content (AvgIpc) is 2.55. The van der Waals surface area contributed by atoms with Crippen LogP contribution in [0.15, 0.2) is 30.3 Å². The first-order valence-corrected chi connectivity index (χ1v) is 8.45. The molecule has 0 aliphatic carbocycles. The first-order chi connectivity index (χ1) is 10.2. The van der Waals surface area contributed by atoms with Gasteiger partial charge in [-0.3, -0.25) is 4.90 Å². The van der Waals surface area contributed by atoms with Crippen molar-refractivity contribution in [2.24, 2.45) is 5.73 Å². The Labute approximate surface area is 130 Å². The maximum atomic E-state index is 6.24. The molecule has 21 heavy (non-hydrogen) atoms. The Morgan fingerprint density at radius 2 is 1.71 bits per heavy atom. The summed E-state index contributed by atoms with van der Waals surface area (Å²) in [6.45, 7) is 11.2. The van der Waals surface area contributed by atoms with Crippen molar-refractivity contribution in [3.63, 3.8) is 0 Å². The average molecular weight is 289 g/mol. The van der Waals surface area contributed by atoms with Gasteiger partial charge < -0.3 is 10.6 Å². The van der Waals surface area contributed by atoms with Crippen molar-refractivity contribution in [2.45, 2.75) is 38.6 Å². The van der Waals surface area contributed by atoms with E-state index in [0.717, 1.165) is 32.5 Å². The summed E-state index contributed by atoms with van der Waals surface area (Å²) in [5.41, 5.74) is 7.76. The molecule has 1 fully saturated rings. The van der Waals surface area contributed by atoms with Crippen molar-refractivity contribution in [2.75, 3.05) is 39.3 Å². The zero-order valence-corrected chi connectivity index (χ0v) is 13.7. The highest BCUT2D eigenvalue weighted by atomic mass is 15.3. The Bertz CT molecular complexity index is 392. The van der Waals surface area contributed by atoms with Crippen LogP contribution in [-0.2, 0) is 6.42 Å². The summed E-state index contributed by atoms with van der Waals surface area (Å²) in [6.07, 6.45) is 3.43. The first kappa shape index (κ1) is 16.5. The van der Waals surface area contributed by atoms with E-state index in [1.54, 1.807) is 0 Å². The lowest BCUT2D eigenvalue weighted by atomic mass is 9.85. The van der Waals surface area contributed by atoms with Gasteiger partial charge in [0.25, 0.3) is 0 Å². The van der Waals surface area contributed by atoms with Crippen molar-refractivity contribution in [3.8, 4) is 0 Å². The van der Waals surface area contributed by atoms with Gasteiger partial charge in [0.15, 0.2) is 0 Å². The van der Waals surface area contributed by atoms with Crippen molar-refractivity contribution >= 4 is 0 Å². The highest BCUT2D eigenvalue weighted by molar-refractivity contribution is 5.18. The standard InChI is InChI=1S/C18H31N3/c1-3-10-20-11-13-21(14-12-20)18(4-2,16-19)15-17-8-6-5-7-9-17/h5-9H,3-4,10-16,19H2,1-2H3. The zero-order valence-electron chi connectivity index (χ0n) is 13.7. The van der Waals surface area contributed by atoms with E-state index in [-0.39, 0.29) is 5.54 Å². The molecule has 3 heteroatoms. The van der Waals surface area contributed by atoms with Crippen molar-refractivity contribution in [1.82, 2.24) is 9.80 Å². The number of benzene rings is 1. The molecule has 3 nitrogen and oxygen atoms in total. The number of piperazine rings is 1. The molecular weight excluding hydrogens is 258 g/mol. The van der Waals surface area contributed by atoms with Crippen molar-refractivity contribution in [1.29, 1.82) is 0 Å². The zero-order chi connectivity index (χ0) is 15.1. The van der Waals surface area contributed by atoms with Gasteiger partial charge in [-0.2, -0.15) is 0 Å². The monoisotopic (exact) mass is 289 g/mol. The number of nitrogens with two attached hydrogens (primary N) is 1. The fraction of sp³-hybridized carbons (Fsp3) is 0.667. The van der Waals surface area contributed by atoms with Gasteiger partial charge in [0.05, 0.1) is 0 Å². The largest absolute Gasteiger partial charge is 0.329 e. The molecule has 118 valence electrons. The van der Waals surface area contributed by atoms with Crippen LogP contribution in [0.5, 0.6) is 0 Å². The van der Waals surface area contributed by atoms with Crippen LogP contribution in [0.3, 0.4) is 0 Å². The van der Waals surface area contributed by atoms with Gasteiger partial charge in [-0.25, -0.2) is 0 Å². The van der Waals surface area contributed by atoms with Crippen LogP contribution in [0.25, 0.3) is 0 Å². The first-order valence-electron chi connectivity index (χ1n) is 8.45. The maximum absolute atomic E-state index is 6.24. The second-order valence-corrected chi connectivity index (χ2v) is 6.27. The van der Waals surface area contributed by atoms with Crippen LogP contribution in [0, 0.1) is 0 Å². The number of hydrogen-bond donors (Lipinski definition) is 1. The third kappa shape index (κ3) is 4.06. The molecule has 1 saturated heterocycles. The molecule has 1 aromatic rings. The van der Waals surface area contributed by atoms with Gasteiger partial charge in [-0.1, -0.05) is 44.2 Å². The Balaban J connectivity index is 2.04. The van der Waals surface area contributed by atoms with Gasteiger partial charge in [-0.15, -0.1) is 0 Å². The van der Waals surface area contributed by atoms with Crippen molar-refractivity contribution < 1.29 is 0 Å². The molecule has 1 atom stereocenters. The predicted molar refractivity (Wildman–Crippen MR) is 90.5 cm³/mol. The van der Waals surface area contributed by atoms with Crippen LogP contribution in [0.2, 0.25) is 0 Å². The summed E-state index contributed by atoms with van der Waals surface area (Å²) < 4.78 is 0. The second kappa shape index (κ2) is 7.92. The molecule has 2 rings (SSSR count). The van der Waals surface area contributed by atoms with E-state index >= 15 is 0 Å². The van der Waals surface area contributed by atoms with Gasteiger partial charge in [-0.05, 0) is 31.4 Å². The Morgan fingerprint density at radius 3 is 2.24 bits per heavy atom. The van der Waals surface area contributed by atoms with E-state index in [0.29, 0.717) is 0 Å². The van der Waals surface area contributed by atoms with Gasteiger partial charge in [0.2, 0.25) is 0 Å². The van der Waals surface area contributed by atoms with Crippen LogP contribution in [0.4, 0.5) is 0 Å². The Kier molecular flexibility index (Phi) is 6.22. The summed E-state index contributed by atoms with van der Waals surface area (Å²) in [5.74, 6) is 0. The molecule has 0 saturated carbocycles. The lowest BCUT2D eigenvalue weighted by Gasteiger charge is -2.47. The molecule has 1 aromatic carbocycles. The predicted octanol–water partition coefficient (Wildman–Crippen LogP) is 2.36. The summed E-state index contributed by atoms with van der Waals surface area (Å²) in [5, 5.41) is 0. The molecule has 2 N–H and O–H groups in total. The van der Waals surface area contributed by atoms with Gasteiger partial charge in [0, 0.05) is 38.3 Å². The molecular formula is C18H31N3. The quantitative estimate of drug-likeness (QED) is 0.836. The molecule has 1 heterocycles. The maximum Gasteiger partial charge on any atom is 0.0370 e. The Morgan fingerprint density at radius 1 is 1.05 bits per heavy atom. The van der Waals surface area contributed by atoms with E-state index in [4.69, 9.17) is 5.73 Å². The molecule has 1 aliphatic rings. The van der Waals surface area contributed by atoms with Crippen molar-refractivity contribution in [3.05, 3.63) is 35.9 Å². The fourth-order valence-electron chi connectivity index (χ4n) is 3.54. The van der Waals surface area contributed by atoms with Crippen LogP contribution < -0.4 is 5.73 Å². The highest BCUT2D eigenvalue weighted by Crippen LogP contribution is 2.25. The lowest BCUT2D eigenvalue weighted by molar-refractivity contribution is 0.0333. The molecule has 0 aromatic heterocycles. The third-order valence-corrected chi connectivity index (χ3v) is 5.00. The molecule has 0 bridgehead atoms. The number of nitrogens with zero attached hydrogens (tertiary/aromatic N) is 2. The van der Waals surface area contributed by atoms with Crippen LogP contribution in [-0.4, -0.2) is 54.6 Å². The van der Waals surface area contributed by atoms with E-state index in [1.807, 2.05) is 0 Å². The van der Waals surface area contributed by atoms with Gasteiger partial charge in [0.1, 0.15) is 0 Å². The lowest BCUT2D eigenvalue weighted by Crippen LogP contribution is -2.61. The number of hydrogen-bond acceptors (Lipinski definition) is 3. The minimum Gasteiger partial charge on any atom is -0.329 e. The fourth-order valence-corrected chi connectivity index (χ4v) is 3.54. The van der Waals surface area contributed by atoms with E-state index in [1.165, 1.54) is 31.6 Å². The topological polar surface area (TPSA) is 32.5 Å². The molecule has 1 aliphatic heterocycles. The second-order valence-electron chi connectivity index (χ2n) is 6.27. The van der Waals surface area contributed by atoms with Crippen LogP contribution in [0.1, 0.15) is 32.3 Å². The molecule has 0 spiro atoms. The van der Waals surface area contributed by atoms with E-state index in [9.17, 15) is 0 Å². The van der Waals surface area contributed by atoms with E-state index in [2.05, 4.69) is 54.0 Å². The Hall–Kier alpha value is -0.900. The SMILES string of the molecule is CCCN1CCN(C(CC)(CN)Cc2ccccc2)CC1. The minimum atomic E-state index is 0.125. The molecule has 1 unspecified atom stereocenters. The third-order valence-electron chi connectivity index (χ3n) is 5.00. The summed E-state index contributed by atoms with van der Waals surface area (Å²) in [7, 11) is 0. The summed E-state index contributed by atoms with van der Waals surface area (Å²) >= 11 is 0. The number of rotatable bonds is 7. The van der Waals surface area contributed by atoms with Crippen LogP contribution >= 0.6 is 0 Å².